The number of primary amides is 1. The fraction of sp³-hybridized carbons (Fsp3) is 0.729. The Bertz CT molecular complexity index is 1670. The summed E-state index contributed by atoms with van der Waals surface area (Å²) >= 11 is 5.63. The monoisotopic (exact) mass is 944 g/mol. The number of hydrogen-bond donors (Lipinski definition) is 3. The first-order chi connectivity index (χ1) is 30.1. The number of allylic oxidation sites excluding steroid dienone is 2. The molecule has 2 aliphatic carbocycles. The topological polar surface area (TPSA) is 166 Å². The molecule has 346 valence electrons. The van der Waals surface area contributed by atoms with Crippen molar-refractivity contribution in [1.29, 1.82) is 0 Å². The molecule has 0 radical (unpaired) electrons. The van der Waals surface area contributed by atoms with Gasteiger partial charge in [-0.05, 0) is 132 Å². The molecule has 2 aliphatic heterocycles. The number of rotatable bonds is 34. The normalized spacial score (nSPS) is 20.3. The first kappa shape index (κ1) is 50.4. The number of nitrogens with one attached hydrogen (secondary N) is 2. The molecule has 5 rings (SSSR count). The smallest absolute Gasteiger partial charge is 0.315 e. The Morgan fingerprint density at radius 1 is 0.774 bits per heavy atom. The van der Waals surface area contributed by atoms with Crippen LogP contribution in [0, 0.1) is 5.92 Å². The van der Waals surface area contributed by atoms with Crippen LogP contribution in [0.2, 0.25) is 0 Å². The number of ether oxygens (including phenoxy) is 3. The van der Waals surface area contributed by atoms with Gasteiger partial charge in [-0.3, -0.25) is 19.2 Å². The molecule has 2 heterocycles. The van der Waals surface area contributed by atoms with Crippen LogP contribution in [-0.4, -0.2) is 117 Å². The quantitative estimate of drug-likeness (QED) is 0.0454. The molecular formula is C48H73BrN4O8S. The number of ketones is 3. The number of hydrogen-bond acceptors (Lipinski definition) is 10. The molecule has 14 heteroatoms. The molecule has 0 spiro atoms. The van der Waals surface area contributed by atoms with Gasteiger partial charge in [-0.2, -0.15) is 11.8 Å². The van der Waals surface area contributed by atoms with Crippen molar-refractivity contribution in [1.82, 2.24) is 15.5 Å². The zero-order valence-electron chi connectivity index (χ0n) is 37.3. The van der Waals surface area contributed by atoms with Crippen molar-refractivity contribution in [2.24, 2.45) is 11.7 Å². The maximum atomic E-state index is 12.4. The van der Waals surface area contributed by atoms with E-state index in [0.29, 0.717) is 107 Å². The highest BCUT2D eigenvalue weighted by Gasteiger charge is 2.42. The molecule has 1 unspecified atom stereocenters. The number of nitrogens with zero attached hydrogens (tertiary/aromatic N) is 1. The maximum absolute atomic E-state index is 12.4. The first-order valence-electron chi connectivity index (χ1n) is 23.6. The summed E-state index contributed by atoms with van der Waals surface area (Å²) in [6, 6.07) is 4.24. The third kappa shape index (κ3) is 17.1. The molecule has 12 nitrogen and oxygen atoms in total. The average Bonchev–Trinajstić information content (AvgIpc) is 3.93. The highest BCUT2D eigenvalue weighted by molar-refractivity contribution is 9.10. The summed E-state index contributed by atoms with van der Waals surface area (Å²) < 4.78 is 17.9. The highest BCUT2D eigenvalue weighted by Crippen LogP contribution is 2.47. The summed E-state index contributed by atoms with van der Waals surface area (Å²) in [5.41, 5.74) is 11.5. The molecule has 4 atom stereocenters. The van der Waals surface area contributed by atoms with Crippen LogP contribution in [0.25, 0.3) is 5.57 Å². The van der Waals surface area contributed by atoms with Crippen LogP contribution in [0.3, 0.4) is 0 Å². The van der Waals surface area contributed by atoms with E-state index < -0.39 is 0 Å². The third-order valence-electron chi connectivity index (χ3n) is 12.8. The Labute approximate surface area is 382 Å². The van der Waals surface area contributed by atoms with Gasteiger partial charge < -0.3 is 35.5 Å². The number of thioether (sulfide) groups is 1. The first-order valence-corrected chi connectivity index (χ1v) is 25.4. The number of carbonyl (C=O) groups is 5. The van der Waals surface area contributed by atoms with Gasteiger partial charge in [0.05, 0.1) is 38.5 Å². The molecule has 1 aromatic carbocycles. The van der Waals surface area contributed by atoms with Gasteiger partial charge in [0.1, 0.15) is 17.3 Å². The van der Waals surface area contributed by atoms with Gasteiger partial charge in [-0.25, -0.2) is 4.79 Å². The van der Waals surface area contributed by atoms with Crippen molar-refractivity contribution in [3.8, 4) is 0 Å². The van der Waals surface area contributed by atoms with Crippen LogP contribution in [-0.2, 0) is 35.0 Å². The van der Waals surface area contributed by atoms with Crippen molar-refractivity contribution in [2.75, 3.05) is 65.5 Å². The van der Waals surface area contributed by atoms with Crippen molar-refractivity contribution in [3.05, 3.63) is 38.9 Å². The lowest BCUT2D eigenvalue weighted by molar-refractivity contribution is -0.121. The zero-order chi connectivity index (χ0) is 44.1. The number of fused-ring (bicyclic) bond motifs is 3. The minimum Gasteiger partial charge on any atom is -0.379 e. The molecular weight excluding hydrogens is 873 g/mol. The van der Waals surface area contributed by atoms with E-state index in [-0.39, 0.29) is 35.6 Å². The molecule has 62 heavy (non-hydrogen) atoms. The lowest BCUT2D eigenvalue weighted by Crippen LogP contribution is -2.36. The standard InChI is InChI=1S/C48H73BrN4O8S/c1-53(32-34-19-20-39-35(30-34)31-41-40(47(50)57)21-22-42(49)45(39)41)23-8-2-3-12-37(55)16-11-17-38(56)15-7-10-25-60-27-29-61-28-26-59-24-9-6-14-36(54)13-4-5-18-44-46-43(33-62-44)51-48(58)52-46/h21-22,34,43-44,46H,2-20,23-33H2,1H3,(H2,50,57)(H2,51,52,58)/t34?,43-,44-,46-/m0/s1. The van der Waals surface area contributed by atoms with Gasteiger partial charge in [-0.15, -0.1) is 0 Å². The second kappa shape index (κ2) is 27.6. The van der Waals surface area contributed by atoms with Crippen LogP contribution in [0.15, 0.2) is 22.2 Å². The number of amides is 3. The van der Waals surface area contributed by atoms with Crippen LogP contribution in [0.1, 0.15) is 150 Å². The van der Waals surface area contributed by atoms with Crippen molar-refractivity contribution in [3.63, 3.8) is 0 Å². The predicted octanol–water partition coefficient (Wildman–Crippen LogP) is 8.14. The minimum absolute atomic E-state index is 0.0490. The average molecular weight is 946 g/mol. The van der Waals surface area contributed by atoms with E-state index in [2.05, 4.69) is 38.5 Å². The Morgan fingerprint density at radius 2 is 1.37 bits per heavy atom. The van der Waals surface area contributed by atoms with Gasteiger partial charge in [-0.1, -0.05) is 34.3 Å². The number of unbranched alkanes of at least 4 members (excludes halogenated alkanes) is 5. The van der Waals surface area contributed by atoms with Crippen LogP contribution in [0.5, 0.6) is 0 Å². The minimum atomic E-state index is -0.351. The van der Waals surface area contributed by atoms with E-state index in [1.54, 1.807) is 0 Å². The summed E-state index contributed by atoms with van der Waals surface area (Å²) in [6.45, 7) is 5.37. The molecule has 0 aromatic heterocycles. The lowest BCUT2D eigenvalue weighted by Gasteiger charge is -2.28. The van der Waals surface area contributed by atoms with E-state index in [9.17, 15) is 24.0 Å². The third-order valence-corrected chi connectivity index (χ3v) is 15.0. The number of benzene rings is 1. The predicted molar refractivity (Wildman–Crippen MR) is 250 cm³/mol. The number of nitrogens with two attached hydrogens (primary N) is 1. The van der Waals surface area contributed by atoms with Crippen LogP contribution >= 0.6 is 27.7 Å². The molecule has 4 aliphatic rings. The van der Waals surface area contributed by atoms with E-state index in [1.165, 1.54) is 16.7 Å². The number of urea groups is 1. The molecule has 1 aromatic rings. The Morgan fingerprint density at radius 3 is 2.02 bits per heavy atom. The van der Waals surface area contributed by atoms with Crippen molar-refractivity contribution >= 4 is 62.6 Å². The second-order valence-electron chi connectivity index (χ2n) is 17.8. The van der Waals surface area contributed by atoms with E-state index in [1.807, 2.05) is 23.9 Å². The molecule has 0 saturated carbocycles. The summed E-state index contributed by atoms with van der Waals surface area (Å²) in [7, 11) is 2.20. The van der Waals surface area contributed by atoms with E-state index in [0.717, 1.165) is 119 Å². The molecule has 2 fully saturated rings. The lowest BCUT2D eigenvalue weighted by atomic mass is 9.83. The zero-order valence-corrected chi connectivity index (χ0v) is 39.7. The fourth-order valence-electron chi connectivity index (χ4n) is 9.48. The largest absolute Gasteiger partial charge is 0.379 e. The molecule has 0 bridgehead atoms. The van der Waals surface area contributed by atoms with Gasteiger partial charge in [0.2, 0.25) is 5.91 Å². The maximum Gasteiger partial charge on any atom is 0.315 e. The summed E-state index contributed by atoms with van der Waals surface area (Å²) in [6.07, 6.45) is 17.4. The Hall–Kier alpha value is -2.62. The summed E-state index contributed by atoms with van der Waals surface area (Å²) in [5, 5.41) is 6.45. The van der Waals surface area contributed by atoms with E-state index in [4.69, 9.17) is 19.9 Å². The number of carbonyl (C=O) groups excluding carboxylic acids is 5. The molecule has 2 saturated heterocycles. The van der Waals surface area contributed by atoms with Crippen LogP contribution in [0.4, 0.5) is 4.79 Å². The van der Waals surface area contributed by atoms with Crippen molar-refractivity contribution < 1.29 is 38.2 Å². The van der Waals surface area contributed by atoms with E-state index >= 15 is 0 Å². The fourth-order valence-corrected chi connectivity index (χ4v) is 11.6. The second-order valence-corrected chi connectivity index (χ2v) is 20.0. The summed E-state index contributed by atoms with van der Waals surface area (Å²) in [5.74, 6) is 2.05. The SMILES string of the molecule is CN(CCCCCC(=O)CCCC(=O)CCCCOCCOCCOCCCCC(=O)CCCC[C@@H]1SC[C@@H]2NC(=O)N[C@@H]21)CC1CCC2=C(Cc3c(C(N)=O)ccc(Br)c32)C1. The van der Waals surface area contributed by atoms with Gasteiger partial charge in [0, 0.05) is 79.3 Å². The molecule has 4 N–H and O–H groups in total. The van der Waals surface area contributed by atoms with Crippen molar-refractivity contribution in [2.45, 2.75) is 152 Å². The van der Waals surface area contributed by atoms with Gasteiger partial charge in [0.25, 0.3) is 0 Å². The Balaban J connectivity index is 0.732. The molecule has 3 amide bonds. The Kier molecular flexibility index (Phi) is 22.5. The summed E-state index contributed by atoms with van der Waals surface area (Å²) in [4.78, 5) is 63.0. The number of Topliss-reactive ketones (excluding diaryl/α,β-unsaturated/α-hetero) is 3. The van der Waals surface area contributed by atoms with Gasteiger partial charge >= 0.3 is 6.03 Å². The van der Waals surface area contributed by atoms with Gasteiger partial charge in [0.15, 0.2) is 0 Å². The highest BCUT2D eigenvalue weighted by atomic mass is 79.9. The number of halogens is 1. The van der Waals surface area contributed by atoms with Crippen LogP contribution < -0.4 is 16.4 Å².